The van der Waals surface area contributed by atoms with Crippen LogP contribution < -0.4 is 5.32 Å². The summed E-state index contributed by atoms with van der Waals surface area (Å²) in [6, 6.07) is 0.559. The topological polar surface area (TPSA) is 60.4 Å². The lowest BCUT2D eigenvalue weighted by atomic mass is 10.1. The maximum Gasteiger partial charge on any atom is 0.311 e. The molecule has 4 heterocycles. The van der Waals surface area contributed by atoms with Crippen LogP contribution in [0.4, 0.5) is 0 Å². The number of nitrogens with zero attached hydrogens (tertiary/aromatic N) is 4. The van der Waals surface area contributed by atoms with Gasteiger partial charge in [0.2, 0.25) is 0 Å². The van der Waals surface area contributed by atoms with Crippen molar-refractivity contribution in [3.05, 3.63) is 0 Å². The van der Waals surface area contributed by atoms with Crippen LogP contribution in [0.1, 0.15) is 27.2 Å². The van der Waals surface area contributed by atoms with Gasteiger partial charge in [0.1, 0.15) is 5.60 Å². The van der Waals surface area contributed by atoms with Crippen LogP contribution in [0.25, 0.3) is 0 Å². The Kier molecular flexibility index (Phi) is 5.53. The Morgan fingerprint density at radius 2 is 1.88 bits per heavy atom. The highest BCUT2D eigenvalue weighted by Crippen LogP contribution is 2.21. The predicted molar refractivity (Wildman–Crippen MR) is 98.7 cm³/mol. The molecule has 25 heavy (non-hydrogen) atoms. The molecule has 1 N–H and O–H groups in total. The van der Waals surface area contributed by atoms with Crippen molar-refractivity contribution in [1.29, 1.82) is 0 Å². The third kappa shape index (κ3) is 4.64. The molecule has 7 nitrogen and oxygen atoms in total. The summed E-state index contributed by atoms with van der Waals surface area (Å²) in [6.45, 7) is 14.1. The molecule has 4 fully saturated rings. The number of hydrogen-bond acceptors (Lipinski definition) is 5. The van der Waals surface area contributed by atoms with E-state index in [4.69, 9.17) is 4.74 Å². The van der Waals surface area contributed by atoms with Crippen molar-refractivity contribution in [2.24, 2.45) is 10.9 Å². The number of piperazine rings is 3. The zero-order chi connectivity index (χ0) is 18.0. The van der Waals surface area contributed by atoms with Crippen LogP contribution in [0.2, 0.25) is 0 Å². The molecule has 0 saturated carbocycles. The number of esters is 1. The lowest BCUT2D eigenvalue weighted by Crippen LogP contribution is -2.63. The first-order valence-electron chi connectivity index (χ1n) is 9.50. The first-order valence-corrected chi connectivity index (χ1v) is 9.50. The van der Waals surface area contributed by atoms with Crippen LogP contribution in [0.15, 0.2) is 4.99 Å². The van der Waals surface area contributed by atoms with Crippen molar-refractivity contribution in [2.45, 2.75) is 38.8 Å². The average molecular weight is 351 g/mol. The minimum Gasteiger partial charge on any atom is -0.460 e. The third-order valence-corrected chi connectivity index (χ3v) is 5.33. The van der Waals surface area contributed by atoms with Crippen LogP contribution in [-0.2, 0) is 9.53 Å². The average Bonchev–Trinajstić information content (AvgIpc) is 3.05. The normalized spacial score (nSPS) is 32.8. The highest BCUT2D eigenvalue weighted by Gasteiger charge is 2.35. The standard InChI is InChI=1S/C18H33N5O2/c1-18(2,3)25-16(24)14-5-6-23(12-14)17(19-4)20-11-15-13-21-7-9-22(15)10-8-21/h14-15H,5-13H2,1-4H3,(H,19,20). The molecule has 0 radical (unpaired) electrons. The van der Waals surface area contributed by atoms with Gasteiger partial charge in [-0.2, -0.15) is 0 Å². The number of hydrogen-bond donors (Lipinski definition) is 1. The smallest absolute Gasteiger partial charge is 0.311 e. The van der Waals surface area contributed by atoms with Crippen LogP contribution in [0.5, 0.6) is 0 Å². The van der Waals surface area contributed by atoms with Gasteiger partial charge in [-0.1, -0.05) is 0 Å². The van der Waals surface area contributed by atoms with Gasteiger partial charge in [0.15, 0.2) is 5.96 Å². The number of carbonyl (C=O) groups excluding carboxylic acids is 1. The van der Waals surface area contributed by atoms with Gasteiger partial charge in [0.25, 0.3) is 0 Å². The number of carbonyl (C=O) groups is 1. The summed E-state index contributed by atoms with van der Waals surface area (Å²) in [5, 5.41) is 3.53. The van der Waals surface area contributed by atoms with Crippen molar-refractivity contribution in [1.82, 2.24) is 20.0 Å². The Morgan fingerprint density at radius 3 is 2.44 bits per heavy atom. The lowest BCUT2D eigenvalue weighted by Gasteiger charge is -2.47. The molecule has 142 valence electrons. The fourth-order valence-electron chi connectivity index (χ4n) is 3.99. The maximum atomic E-state index is 12.3. The minimum atomic E-state index is -0.422. The Hall–Kier alpha value is -1.34. The van der Waals surface area contributed by atoms with Gasteiger partial charge in [-0.25, -0.2) is 0 Å². The summed E-state index contributed by atoms with van der Waals surface area (Å²) in [6.07, 6.45) is 0.832. The number of rotatable bonds is 3. The quantitative estimate of drug-likeness (QED) is 0.446. The van der Waals surface area contributed by atoms with E-state index in [9.17, 15) is 4.79 Å². The van der Waals surface area contributed by atoms with Crippen LogP contribution in [-0.4, -0.2) is 97.7 Å². The molecule has 2 bridgehead atoms. The third-order valence-electron chi connectivity index (χ3n) is 5.33. The van der Waals surface area contributed by atoms with E-state index in [1.807, 2.05) is 27.8 Å². The second kappa shape index (κ2) is 7.50. The van der Waals surface area contributed by atoms with Crippen LogP contribution >= 0.6 is 0 Å². The molecule has 0 spiro atoms. The summed E-state index contributed by atoms with van der Waals surface area (Å²) in [7, 11) is 1.82. The van der Waals surface area contributed by atoms with Crippen LogP contribution in [0, 0.1) is 5.92 Å². The van der Waals surface area contributed by atoms with Crippen molar-refractivity contribution in [3.63, 3.8) is 0 Å². The molecule has 0 amide bonds. The first kappa shape index (κ1) is 18.5. The largest absolute Gasteiger partial charge is 0.460 e. The van der Waals surface area contributed by atoms with Crippen molar-refractivity contribution < 1.29 is 9.53 Å². The van der Waals surface area contributed by atoms with E-state index in [0.29, 0.717) is 12.6 Å². The summed E-state index contributed by atoms with van der Waals surface area (Å²) in [4.78, 5) is 24.0. The fourth-order valence-corrected chi connectivity index (χ4v) is 3.99. The fraction of sp³-hybridized carbons (Fsp3) is 0.889. The summed E-state index contributed by atoms with van der Waals surface area (Å²) in [5.41, 5.74) is -0.422. The molecule has 7 heteroatoms. The molecule has 0 aromatic heterocycles. The second-order valence-corrected chi connectivity index (χ2v) is 8.38. The van der Waals surface area contributed by atoms with Gasteiger partial charge >= 0.3 is 5.97 Å². The van der Waals surface area contributed by atoms with E-state index < -0.39 is 5.60 Å². The van der Waals surface area contributed by atoms with Gasteiger partial charge in [0.05, 0.1) is 5.92 Å². The summed E-state index contributed by atoms with van der Waals surface area (Å²) in [5.74, 6) is 0.760. The molecule has 4 aliphatic heterocycles. The molecule has 4 rings (SSSR count). The molecule has 0 aromatic carbocycles. The van der Waals surface area contributed by atoms with Gasteiger partial charge < -0.3 is 15.0 Å². The second-order valence-electron chi connectivity index (χ2n) is 8.38. The lowest BCUT2D eigenvalue weighted by molar-refractivity contribution is -0.159. The monoisotopic (exact) mass is 351 g/mol. The van der Waals surface area contributed by atoms with Crippen LogP contribution in [0.3, 0.4) is 0 Å². The van der Waals surface area contributed by atoms with E-state index in [1.165, 1.54) is 26.2 Å². The highest BCUT2D eigenvalue weighted by atomic mass is 16.6. The number of ether oxygens (including phenoxy) is 1. The number of fused-ring (bicyclic) bond motifs is 3. The van der Waals surface area contributed by atoms with E-state index >= 15 is 0 Å². The van der Waals surface area contributed by atoms with E-state index in [1.54, 1.807) is 0 Å². The van der Waals surface area contributed by atoms with E-state index in [-0.39, 0.29) is 11.9 Å². The van der Waals surface area contributed by atoms with Gasteiger partial charge in [-0.15, -0.1) is 0 Å². The van der Waals surface area contributed by atoms with Gasteiger partial charge in [0, 0.05) is 65.4 Å². The molecule has 2 atom stereocenters. The predicted octanol–water partition coefficient (Wildman–Crippen LogP) is 0.225. The van der Waals surface area contributed by atoms with Crippen molar-refractivity contribution in [3.8, 4) is 0 Å². The summed E-state index contributed by atoms with van der Waals surface area (Å²) >= 11 is 0. The minimum absolute atomic E-state index is 0.0571. The SMILES string of the molecule is CN=C(NCC1CN2CCN1CC2)N1CCC(C(=O)OC(C)(C)C)C1. The zero-order valence-electron chi connectivity index (χ0n) is 16.1. The molecule has 4 aliphatic rings. The number of aliphatic imine (C=N–C) groups is 1. The first-order chi connectivity index (χ1) is 11.9. The Morgan fingerprint density at radius 1 is 1.16 bits per heavy atom. The molecule has 0 aromatic rings. The number of nitrogens with one attached hydrogen (secondary N) is 1. The van der Waals surface area contributed by atoms with E-state index in [2.05, 4.69) is 25.0 Å². The van der Waals surface area contributed by atoms with E-state index in [0.717, 1.165) is 32.0 Å². The zero-order valence-corrected chi connectivity index (χ0v) is 16.1. The number of likely N-dealkylation sites (tertiary alicyclic amines) is 1. The Labute approximate surface area is 151 Å². The summed E-state index contributed by atoms with van der Waals surface area (Å²) < 4.78 is 5.53. The maximum absolute atomic E-state index is 12.3. The van der Waals surface area contributed by atoms with Crippen molar-refractivity contribution >= 4 is 11.9 Å². The molecule has 0 aliphatic carbocycles. The Balaban J connectivity index is 1.48. The highest BCUT2D eigenvalue weighted by molar-refractivity contribution is 5.82. The Bertz CT molecular complexity index is 508. The molecule has 2 unspecified atom stereocenters. The van der Waals surface area contributed by atoms with Gasteiger partial charge in [-0.05, 0) is 27.2 Å². The molecular formula is C18H33N5O2. The van der Waals surface area contributed by atoms with Gasteiger partial charge in [-0.3, -0.25) is 19.6 Å². The van der Waals surface area contributed by atoms with Crippen molar-refractivity contribution in [2.75, 3.05) is 59.4 Å². The number of guanidine groups is 1. The molecule has 4 saturated heterocycles. The molecular weight excluding hydrogens is 318 g/mol.